The zero-order chi connectivity index (χ0) is 19.5. The summed E-state index contributed by atoms with van der Waals surface area (Å²) >= 11 is 1.50. The zero-order valence-corrected chi connectivity index (χ0v) is 16.1. The van der Waals surface area contributed by atoms with Crippen LogP contribution in [0.1, 0.15) is 12.0 Å². The van der Waals surface area contributed by atoms with E-state index in [1.807, 2.05) is 48.5 Å². The Morgan fingerprint density at radius 3 is 2.64 bits per heavy atom. The van der Waals surface area contributed by atoms with Gasteiger partial charge in [0.05, 0.1) is 17.9 Å². The lowest BCUT2D eigenvalue weighted by Gasteiger charge is -2.28. The number of rotatable bonds is 5. The summed E-state index contributed by atoms with van der Waals surface area (Å²) in [5.74, 6) is -0.376. The highest BCUT2D eigenvalue weighted by molar-refractivity contribution is 8.00. The highest BCUT2D eigenvalue weighted by Crippen LogP contribution is 2.35. The summed E-state index contributed by atoms with van der Waals surface area (Å²) < 4.78 is 5.17. The maximum absolute atomic E-state index is 12.4. The molecule has 2 aromatic carbocycles. The first kappa shape index (κ1) is 18.6. The fourth-order valence-corrected chi connectivity index (χ4v) is 4.43. The first-order valence-corrected chi connectivity index (χ1v) is 10.2. The molecule has 0 bridgehead atoms. The van der Waals surface area contributed by atoms with Gasteiger partial charge in [0.25, 0.3) is 5.91 Å². The summed E-state index contributed by atoms with van der Waals surface area (Å²) in [6.07, 6.45) is 0.860. The van der Waals surface area contributed by atoms with Gasteiger partial charge in [0, 0.05) is 23.7 Å². The van der Waals surface area contributed by atoms with Gasteiger partial charge in [0.15, 0.2) is 6.61 Å². The zero-order valence-electron chi connectivity index (χ0n) is 15.3. The van der Waals surface area contributed by atoms with Crippen molar-refractivity contribution in [3.8, 4) is 0 Å². The van der Waals surface area contributed by atoms with Crippen molar-refractivity contribution in [3.63, 3.8) is 0 Å². The van der Waals surface area contributed by atoms with Crippen LogP contribution in [0.3, 0.4) is 0 Å². The van der Waals surface area contributed by atoms with E-state index in [4.69, 9.17) is 4.74 Å². The molecule has 0 fully saturated rings. The van der Waals surface area contributed by atoms with E-state index in [1.54, 1.807) is 9.80 Å². The largest absolute Gasteiger partial charge is 0.455 e. The third-order valence-corrected chi connectivity index (χ3v) is 5.94. The molecule has 0 unspecified atom stereocenters. The summed E-state index contributed by atoms with van der Waals surface area (Å²) in [5.41, 5.74) is 2.83. The Morgan fingerprint density at radius 1 is 1.04 bits per heavy atom. The van der Waals surface area contributed by atoms with Crippen LogP contribution in [0.4, 0.5) is 11.4 Å². The fraction of sp³-hybridized carbons (Fsp3) is 0.286. The fourth-order valence-electron chi connectivity index (χ4n) is 3.49. The summed E-state index contributed by atoms with van der Waals surface area (Å²) in [7, 11) is 0. The molecule has 2 amide bonds. The Labute approximate surface area is 167 Å². The van der Waals surface area contributed by atoms with Crippen LogP contribution in [-0.2, 0) is 25.5 Å². The van der Waals surface area contributed by atoms with Crippen molar-refractivity contribution in [2.75, 3.05) is 35.2 Å². The molecule has 0 radical (unpaired) electrons. The van der Waals surface area contributed by atoms with E-state index in [9.17, 15) is 14.4 Å². The van der Waals surface area contributed by atoms with Crippen LogP contribution in [0.5, 0.6) is 0 Å². The van der Waals surface area contributed by atoms with Crippen LogP contribution in [0.15, 0.2) is 53.4 Å². The van der Waals surface area contributed by atoms with E-state index >= 15 is 0 Å². The molecule has 0 aromatic heterocycles. The molecule has 0 atom stereocenters. The average molecular weight is 396 g/mol. The third kappa shape index (κ3) is 3.75. The number of fused-ring (bicyclic) bond motifs is 2. The molecular formula is C21H20N2O4S. The molecule has 6 nitrogen and oxygen atoms in total. The molecule has 2 aliphatic heterocycles. The minimum absolute atomic E-state index is 0.0266. The van der Waals surface area contributed by atoms with Gasteiger partial charge in [-0.15, -0.1) is 11.8 Å². The van der Waals surface area contributed by atoms with Crippen molar-refractivity contribution in [3.05, 3.63) is 54.1 Å². The summed E-state index contributed by atoms with van der Waals surface area (Å²) in [6, 6.07) is 15.4. The number of hydrogen-bond acceptors (Lipinski definition) is 5. The average Bonchev–Trinajstić information content (AvgIpc) is 3.15. The van der Waals surface area contributed by atoms with Crippen LogP contribution in [-0.4, -0.2) is 43.2 Å². The molecule has 0 spiro atoms. The van der Waals surface area contributed by atoms with Crippen LogP contribution in [0.25, 0.3) is 0 Å². The highest BCUT2D eigenvalue weighted by Gasteiger charge is 2.26. The first-order chi connectivity index (χ1) is 13.6. The van der Waals surface area contributed by atoms with Gasteiger partial charge in [-0.1, -0.05) is 30.3 Å². The van der Waals surface area contributed by atoms with Gasteiger partial charge < -0.3 is 14.5 Å². The Hall–Kier alpha value is -2.80. The molecule has 2 heterocycles. The molecule has 0 aliphatic carbocycles. The number of esters is 1. The van der Waals surface area contributed by atoms with Crippen molar-refractivity contribution in [1.29, 1.82) is 0 Å². The van der Waals surface area contributed by atoms with Gasteiger partial charge in [-0.05, 0) is 30.2 Å². The lowest BCUT2D eigenvalue weighted by atomic mass is 10.2. The molecule has 0 N–H and O–H groups in total. The van der Waals surface area contributed by atoms with Gasteiger partial charge in [-0.2, -0.15) is 0 Å². The van der Waals surface area contributed by atoms with Crippen molar-refractivity contribution in [1.82, 2.24) is 0 Å². The number of carbonyl (C=O) groups is 3. The van der Waals surface area contributed by atoms with E-state index in [-0.39, 0.29) is 31.4 Å². The van der Waals surface area contributed by atoms with E-state index in [0.717, 1.165) is 28.3 Å². The maximum atomic E-state index is 12.4. The maximum Gasteiger partial charge on any atom is 0.308 e. The topological polar surface area (TPSA) is 66.9 Å². The molecule has 4 rings (SSSR count). The minimum atomic E-state index is -0.482. The lowest BCUT2D eigenvalue weighted by Crippen LogP contribution is -2.37. The second-order valence-corrected chi connectivity index (χ2v) is 7.65. The quantitative estimate of drug-likeness (QED) is 0.727. The standard InChI is InChI=1S/C21H20N2O4S/c24-19(22-11-9-15-5-1-2-6-16(15)22)13-27-21(26)10-12-23-17-7-3-4-8-18(17)28-14-20(23)25/h1-8H,9-14H2. The Kier molecular flexibility index (Phi) is 5.34. The van der Waals surface area contributed by atoms with Gasteiger partial charge in [0.2, 0.25) is 5.91 Å². The van der Waals surface area contributed by atoms with Gasteiger partial charge in [0.1, 0.15) is 0 Å². The molecule has 0 saturated carbocycles. The van der Waals surface area contributed by atoms with Crippen LogP contribution >= 0.6 is 11.8 Å². The number of ether oxygens (including phenoxy) is 1. The molecule has 0 saturated heterocycles. The number of benzene rings is 2. The normalized spacial score (nSPS) is 15.2. The first-order valence-electron chi connectivity index (χ1n) is 9.19. The van der Waals surface area contributed by atoms with Crippen molar-refractivity contribution in [2.24, 2.45) is 0 Å². The number of amides is 2. The smallest absolute Gasteiger partial charge is 0.308 e. The van der Waals surface area contributed by atoms with E-state index in [2.05, 4.69) is 0 Å². The molecule has 28 heavy (non-hydrogen) atoms. The summed E-state index contributed by atoms with van der Waals surface area (Å²) in [4.78, 5) is 41.1. The Morgan fingerprint density at radius 2 is 1.79 bits per heavy atom. The second-order valence-electron chi connectivity index (χ2n) is 6.64. The lowest BCUT2D eigenvalue weighted by molar-refractivity contribution is -0.147. The predicted octanol–water partition coefficient (Wildman–Crippen LogP) is 2.65. The monoisotopic (exact) mass is 396 g/mol. The van der Waals surface area contributed by atoms with Gasteiger partial charge >= 0.3 is 5.97 Å². The second kappa shape index (κ2) is 8.06. The summed E-state index contributed by atoms with van der Waals surface area (Å²) in [5, 5.41) is 0. The molecule has 144 valence electrons. The SMILES string of the molecule is O=C(CCN1C(=O)CSc2ccccc21)OCC(=O)N1CCc2ccccc21. The predicted molar refractivity (Wildman–Crippen MR) is 108 cm³/mol. The number of carbonyl (C=O) groups excluding carboxylic acids is 3. The molecule has 2 aliphatic rings. The molecule has 2 aromatic rings. The van der Waals surface area contributed by atoms with Gasteiger partial charge in [-0.3, -0.25) is 14.4 Å². The van der Waals surface area contributed by atoms with Crippen molar-refractivity contribution < 1.29 is 19.1 Å². The Balaban J connectivity index is 1.30. The molecule has 7 heteroatoms. The minimum Gasteiger partial charge on any atom is -0.455 e. The summed E-state index contributed by atoms with van der Waals surface area (Å²) in [6.45, 7) is 0.565. The van der Waals surface area contributed by atoms with Crippen molar-refractivity contribution in [2.45, 2.75) is 17.7 Å². The number of nitrogens with zero attached hydrogens (tertiary/aromatic N) is 2. The van der Waals surface area contributed by atoms with E-state index in [0.29, 0.717) is 12.3 Å². The van der Waals surface area contributed by atoms with Gasteiger partial charge in [-0.25, -0.2) is 0 Å². The highest BCUT2D eigenvalue weighted by atomic mass is 32.2. The van der Waals surface area contributed by atoms with E-state index in [1.165, 1.54) is 11.8 Å². The number of thioether (sulfide) groups is 1. The van der Waals surface area contributed by atoms with Crippen LogP contribution in [0.2, 0.25) is 0 Å². The van der Waals surface area contributed by atoms with Crippen LogP contribution in [0, 0.1) is 0 Å². The Bertz CT molecular complexity index is 930. The van der Waals surface area contributed by atoms with Crippen LogP contribution < -0.4 is 9.80 Å². The number of anilines is 2. The van der Waals surface area contributed by atoms with E-state index < -0.39 is 5.97 Å². The molecular weight excluding hydrogens is 376 g/mol. The number of hydrogen-bond donors (Lipinski definition) is 0. The van der Waals surface area contributed by atoms with Crippen molar-refractivity contribution >= 4 is 40.9 Å². The number of para-hydroxylation sites is 2. The third-order valence-electron chi connectivity index (χ3n) is 4.89.